The monoisotopic (exact) mass is 349 g/mol. The van der Waals surface area contributed by atoms with E-state index in [1.807, 2.05) is 0 Å². The van der Waals surface area contributed by atoms with Crippen molar-refractivity contribution >= 4 is 5.69 Å². The number of anilines is 1. The Balaban J connectivity index is 1.61. The average molecular weight is 349 g/mol. The molecule has 1 heterocycles. The normalized spacial score (nSPS) is 17.8. The van der Waals surface area contributed by atoms with Crippen molar-refractivity contribution in [2.75, 3.05) is 24.6 Å². The van der Waals surface area contributed by atoms with Gasteiger partial charge in [-0.3, -0.25) is 0 Å². The number of para-hydroxylation sites is 1. The zero-order valence-electron chi connectivity index (χ0n) is 14.2. The molecule has 0 saturated carbocycles. The van der Waals surface area contributed by atoms with Crippen LogP contribution in [0, 0.1) is 5.92 Å². The fraction of sp³-hybridized carbons (Fsp3) is 0.400. The van der Waals surface area contributed by atoms with Gasteiger partial charge < -0.3 is 9.64 Å². The first kappa shape index (κ1) is 17.6. The fourth-order valence-corrected chi connectivity index (χ4v) is 3.21. The first-order valence-corrected chi connectivity index (χ1v) is 8.60. The smallest absolute Gasteiger partial charge is 0.419 e. The highest BCUT2D eigenvalue weighted by molar-refractivity contribution is 5.49. The summed E-state index contributed by atoms with van der Waals surface area (Å²) in [4.78, 5) is 2.28. The van der Waals surface area contributed by atoms with Crippen LogP contribution >= 0.6 is 0 Å². The van der Waals surface area contributed by atoms with E-state index < -0.39 is 11.7 Å². The number of hydrogen-bond acceptors (Lipinski definition) is 2. The molecule has 0 bridgehead atoms. The number of nitrogens with zero attached hydrogens (tertiary/aromatic N) is 1. The third-order valence-corrected chi connectivity index (χ3v) is 4.64. The second kappa shape index (κ2) is 7.38. The summed E-state index contributed by atoms with van der Waals surface area (Å²) in [6.45, 7) is 4.14. The highest BCUT2D eigenvalue weighted by Gasteiger charge is 2.34. The van der Waals surface area contributed by atoms with Gasteiger partial charge in [0.1, 0.15) is 5.75 Å². The molecule has 2 nitrogen and oxygen atoms in total. The van der Waals surface area contributed by atoms with Gasteiger partial charge in [-0.1, -0.05) is 31.2 Å². The van der Waals surface area contributed by atoms with Gasteiger partial charge in [-0.15, -0.1) is 0 Å². The van der Waals surface area contributed by atoms with Crippen molar-refractivity contribution in [3.8, 4) is 5.75 Å². The van der Waals surface area contributed by atoms with E-state index in [0.29, 0.717) is 6.61 Å². The van der Waals surface area contributed by atoms with Crippen molar-refractivity contribution in [3.63, 3.8) is 0 Å². The molecule has 0 amide bonds. The summed E-state index contributed by atoms with van der Waals surface area (Å²) in [6, 6.07) is 13.8. The Hall–Kier alpha value is -2.17. The molecule has 1 fully saturated rings. The van der Waals surface area contributed by atoms with Crippen LogP contribution in [0.25, 0.3) is 0 Å². The van der Waals surface area contributed by atoms with E-state index >= 15 is 0 Å². The molecule has 1 atom stereocenters. The summed E-state index contributed by atoms with van der Waals surface area (Å²) in [5, 5.41) is 0. The van der Waals surface area contributed by atoms with Gasteiger partial charge in [0, 0.05) is 24.7 Å². The lowest BCUT2D eigenvalue weighted by molar-refractivity contribution is -0.139. The minimum atomic E-state index is -4.39. The Morgan fingerprint density at radius 2 is 1.92 bits per heavy atom. The summed E-state index contributed by atoms with van der Waals surface area (Å²) < 4.78 is 44.6. The molecule has 1 unspecified atom stereocenters. The lowest BCUT2D eigenvalue weighted by atomic mass is 10.1. The Labute approximate surface area is 146 Å². The van der Waals surface area contributed by atoms with E-state index in [2.05, 4.69) is 36.1 Å². The maximum Gasteiger partial charge on any atom is 0.419 e. The third kappa shape index (κ3) is 4.27. The number of ether oxygens (including phenoxy) is 1. The average Bonchev–Trinajstić information content (AvgIpc) is 3.08. The summed E-state index contributed by atoms with van der Waals surface area (Å²) >= 11 is 0. The zero-order valence-corrected chi connectivity index (χ0v) is 14.2. The highest BCUT2D eigenvalue weighted by Crippen LogP contribution is 2.36. The number of alkyl halides is 3. The van der Waals surface area contributed by atoms with Crippen molar-refractivity contribution in [3.05, 3.63) is 59.7 Å². The maximum atomic E-state index is 13.0. The first-order chi connectivity index (χ1) is 12.0. The van der Waals surface area contributed by atoms with Crippen LogP contribution in [0.4, 0.5) is 18.9 Å². The molecule has 5 heteroatoms. The lowest BCUT2D eigenvalue weighted by Crippen LogP contribution is -2.22. The van der Waals surface area contributed by atoms with Crippen molar-refractivity contribution in [1.29, 1.82) is 0 Å². The van der Waals surface area contributed by atoms with Crippen molar-refractivity contribution in [2.24, 2.45) is 5.92 Å². The van der Waals surface area contributed by atoms with E-state index in [1.165, 1.54) is 23.4 Å². The van der Waals surface area contributed by atoms with Crippen molar-refractivity contribution in [1.82, 2.24) is 0 Å². The van der Waals surface area contributed by atoms with Crippen molar-refractivity contribution < 1.29 is 17.9 Å². The number of hydrogen-bond donors (Lipinski definition) is 0. The van der Waals surface area contributed by atoms with Crippen LogP contribution in [0.3, 0.4) is 0 Å². The van der Waals surface area contributed by atoms with Crippen LogP contribution in [0.5, 0.6) is 5.75 Å². The molecule has 1 aliphatic heterocycles. The van der Waals surface area contributed by atoms with E-state index in [-0.39, 0.29) is 11.7 Å². The minimum Gasteiger partial charge on any atom is -0.493 e. The summed E-state index contributed by atoms with van der Waals surface area (Å²) in [5.74, 6) is 0.146. The lowest BCUT2D eigenvalue weighted by Gasteiger charge is -2.20. The summed E-state index contributed by atoms with van der Waals surface area (Å²) in [5.41, 5.74) is 1.76. The zero-order chi connectivity index (χ0) is 17.9. The van der Waals surface area contributed by atoms with Crippen molar-refractivity contribution in [2.45, 2.75) is 25.9 Å². The van der Waals surface area contributed by atoms with Gasteiger partial charge in [0.05, 0.1) is 12.2 Å². The molecular weight excluding hydrogens is 327 g/mol. The van der Waals surface area contributed by atoms with E-state index in [9.17, 15) is 13.2 Å². The van der Waals surface area contributed by atoms with Gasteiger partial charge >= 0.3 is 6.18 Å². The number of aryl methyl sites for hydroxylation is 1. The molecule has 0 N–H and O–H groups in total. The molecule has 0 spiro atoms. The van der Waals surface area contributed by atoms with Gasteiger partial charge in [-0.25, -0.2) is 0 Å². The number of halogens is 3. The number of benzene rings is 2. The van der Waals surface area contributed by atoms with Crippen LogP contribution in [0.1, 0.15) is 24.5 Å². The molecule has 0 aliphatic carbocycles. The van der Waals surface area contributed by atoms with Crippen LogP contribution < -0.4 is 9.64 Å². The van der Waals surface area contributed by atoms with Gasteiger partial charge in [-0.2, -0.15) is 13.2 Å². The second-order valence-electron chi connectivity index (χ2n) is 6.43. The Bertz CT molecular complexity index is 714. The Kier molecular flexibility index (Phi) is 5.21. The summed E-state index contributed by atoms with van der Waals surface area (Å²) in [6.07, 6.45) is -2.48. The molecule has 3 rings (SSSR count). The van der Waals surface area contributed by atoms with Crippen LogP contribution in [0.2, 0.25) is 0 Å². The topological polar surface area (TPSA) is 12.5 Å². The van der Waals surface area contributed by atoms with Gasteiger partial charge in [0.2, 0.25) is 0 Å². The number of rotatable bonds is 5. The molecule has 0 radical (unpaired) electrons. The van der Waals surface area contributed by atoms with Gasteiger partial charge in [0.15, 0.2) is 0 Å². The third-order valence-electron chi connectivity index (χ3n) is 4.64. The van der Waals surface area contributed by atoms with E-state index in [1.54, 1.807) is 6.07 Å². The fourth-order valence-electron chi connectivity index (χ4n) is 3.21. The molecule has 1 aliphatic rings. The predicted molar refractivity (Wildman–Crippen MR) is 93.1 cm³/mol. The van der Waals surface area contributed by atoms with E-state index in [4.69, 9.17) is 4.74 Å². The Morgan fingerprint density at radius 3 is 2.68 bits per heavy atom. The van der Waals surface area contributed by atoms with Gasteiger partial charge in [-0.05, 0) is 42.7 Å². The molecular formula is C20H22F3NO. The van der Waals surface area contributed by atoms with Crippen LogP contribution in [-0.2, 0) is 12.6 Å². The SMILES string of the molecule is CCc1cccc(N2CCC(COc3ccccc3C(F)(F)F)C2)c1. The highest BCUT2D eigenvalue weighted by atomic mass is 19.4. The molecule has 1 saturated heterocycles. The van der Waals surface area contributed by atoms with E-state index in [0.717, 1.165) is 32.0 Å². The summed E-state index contributed by atoms with van der Waals surface area (Å²) in [7, 11) is 0. The standard InChI is InChI=1S/C20H22F3NO/c1-2-15-6-5-7-17(12-15)24-11-10-16(13-24)14-25-19-9-4-3-8-18(19)20(21,22)23/h3-9,12,16H,2,10-11,13-14H2,1H3. The maximum absolute atomic E-state index is 13.0. The first-order valence-electron chi connectivity index (χ1n) is 8.60. The Morgan fingerprint density at radius 1 is 1.12 bits per heavy atom. The molecule has 2 aromatic carbocycles. The predicted octanol–water partition coefficient (Wildman–Crippen LogP) is 5.17. The minimum absolute atomic E-state index is 0.0820. The molecule has 0 aromatic heterocycles. The largest absolute Gasteiger partial charge is 0.493 e. The molecule has 25 heavy (non-hydrogen) atoms. The second-order valence-corrected chi connectivity index (χ2v) is 6.43. The van der Waals surface area contributed by atoms with Crippen LogP contribution in [0.15, 0.2) is 48.5 Å². The van der Waals surface area contributed by atoms with Crippen LogP contribution in [-0.4, -0.2) is 19.7 Å². The quantitative estimate of drug-likeness (QED) is 0.738. The molecule has 2 aromatic rings. The molecule has 134 valence electrons. The van der Waals surface area contributed by atoms with Gasteiger partial charge in [0.25, 0.3) is 0 Å².